The van der Waals surface area contributed by atoms with Gasteiger partial charge in [0, 0.05) is 31.8 Å². The molecule has 0 fully saturated rings. The number of ketones is 1. The molecule has 0 saturated carbocycles. The monoisotopic (exact) mass is 694 g/mol. The van der Waals surface area contributed by atoms with Crippen LogP contribution >= 0.6 is 11.6 Å². The Morgan fingerprint density at radius 1 is 0.960 bits per heavy atom. The van der Waals surface area contributed by atoms with Crippen molar-refractivity contribution in [2.45, 2.75) is 32.2 Å². The first-order valence-electron chi connectivity index (χ1n) is 15.9. The van der Waals surface area contributed by atoms with Crippen LogP contribution < -0.4 is 5.32 Å². The zero-order chi connectivity index (χ0) is 35.4. The van der Waals surface area contributed by atoms with E-state index in [2.05, 4.69) is 20.6 Å². The van der Waals surface area contributed by atoms with Crippen molar-refractivity contribution in [2.75, 3.05) is 20.2 Å². The van der Waals surface area contributed by atoms with Crippen LogP contribution in [0.2, 0.25) is 5.02 Å². The molecule has 11 nitrogen and oxygen atoms in total. The molecule has 50 heavy (non-hydrogen) atoms. The third kappa shape index (κ3) is 7.01. The predicted molar refractivity (Wildman–Crippen MR) is 182 cm³/mol. The van der Waals surface area contributed by atoms with E-state index in [-0.39, 0.29) is 65.8 Å². The molecule has 0 spiro atoms. The molecule has 13 heteroatoms. The molecule has 0 radical (unpaired) electrons. The Bertz CT molecular complexity index is 2080. The van der Waals surface area contributed by atoms with E-state index in [1.807, 2.05) is 18.2 Å². The Labute approximate surface area is 292 Å². The van der Waals surface area contributed by atoms with Crippen molar-refractivity contribution in [3.05, 3.63) is 130 Å². The van der Waals surface area contributed by atoms with Gasteiger partial charge in [-0.15, -0.1) is 5.10 Å². The van der Waals surface area contributed by atoms with E-state index in [0.717, 1.165) is 26.9 Å². The van der Waals surface area contributed by atoms with E-state index in [9.17, 15) is 23.6 Å². The summed E-state index contributed by atoms with van der Waals surface area (Å²) in [6.45, 7) is 2.21. The van der Waals surface area contributed by atoms with Crippen molar-refractivity contribution >= 4 is 35.2 Å². The quantitative estimate of drug-likeness (QED) is 0.199. The molecule has 3 heterocycles. The third-order valence-electron chi connectivity index (χ3n) is 8.47. The Kier molecular flexibility index (Phi) is 10.1. The smallest absolute Gasteiger partial charge is 0.310 e. The second kappa shape index (κ2) is 14.8. The fourth-order valence-corrected chi connectivity index (χ4v) is 6.24. The van der Waals surface area contributed by atoms with Crippen LogP contribution in [0.4, 0.5) is 4.39 Å². The molecule has 0 aliphatic carbocycles. The number of benzene rings is 3. The number of ether oxygens (including phenoxy) is 1. The molecule has 1 aliphatic heterocycles. The summed E-state index contributed by atoms with van der Waals surface area (Å²) in [4.78, 5) is 58.2. The van der Waals surface area contributed by atoms with Gasteiger partial charge in [-0.25, -0.2) is 9.07 Å². The molecule has 5 aromatic rings. The Balaban J connectivity index is 1.34. The molecule has 6 rings (SSSR count). The second-order valence-electron chi connectivity index (χ2n) is 11.6. The lowest BCUT2D eigenvalue weighted by Crippen LogP contribution is -2.44. The highest BCUT2D eigenvalue weighted by Gasteiger charge is 2.38. The molecule has 1 N–H and O–H groups in total. The van der Waals surface area contributed by atoms with Gasteiger partial charge in [-0.3, -0.25) is 24.2 Å². The molecule has 2 amide bonds. The minimum Gasteiger partial charge on any atom is -0.466 e. The Morgan fingerprint density at radius 2 is 1.70 bits per heavy atom. The highest BCUT2D eigenvalue weighted by atomic mass is 35.5. The van der Waals surface area contributed by atoms with Crippen molar-refractivity contribution < 1.29 is 28.3 Å². The molecule has 0 saturated heterocycles. The molecule has 1 aliphatic rings. The standard InChI is InChI=1S/C37H32ClFN6O5/c1-3-50-33(47)19-23-12-10-22(11-13-23)18-32(46)35-27-7-4-6-25(24-14-15-29(41-20-24)36(48)40-2)26(27)16-17-44(35)37(49)30-21-45(43-42-30)31-9-5-8-28(38)34(31)39/h4-15,20-21,35H,3,16-19H2,1-2H3,(H,40,48). The summed E-state index contributed by atoms with van der Waals surface area (Å²) >= 11 is 5.96. The molecule has 1 unspecified atom stereocenters. The molecule has 0 bridgehead atoms. The van der Waals surface area contributed by atoms with Crippen molar-refractivity contribution in [2.24, 2.45) is 0 Å². The number of hydrogen-bond donors (Lipinski definition) is 1. The molecule has 254 valence electrons. The maximum Gasteiger partial charge on any atom is 0.310 e. The highest BCUT2D eigenvalue weighted by molar-refractivity contribution is 6.30. The van der Waals surface area contributed by atoms with Gasteiger partial charge in [0.15, 0.2) is 17.3 Å². The number of nitrogens with one attached hydrogen (secondary N) is 1. The van der Waals surface area contributed by atoms with Crippen LogP contribution in [0.5, 0.6) is 0 Å². The van der Waals surface area contributed by atoms with E-state index < -0.39 is 17.8 Å². The zero-order valence-corrected chi connectivity index (χ0v) is 28.0. The maximum absolute atomic E-state index is 14.8. The number of amides is 2. The molecule has 2 aromatic heterocycles. The third-order valence-corrected chi connectivity index (χ3v) is 8.76. The molecular weight excluding hydrogens is 663 g/mol. The average Bonchev–Trinajstić information content (AvgIpc) is 3.62. The van der Waals surface area contributed by atoms with Gasteiger partial charge in [-0.2, -0.15) is 0 Å². The number of carbonyl (C=O) groups is 4. The lowest BCUT2D eigenvalue weighted by molar-refractivity contribution is -0.142. The lowest BCUT2D eigenvalue weighted by Gasteiger charge is -2.37. The van der Waals surface area contributed by atoms with Gasteiger partial charge in [0.25, 0.3) is 11.8 Å². The molecule has 1 atom stereocenters. The number of esters is 1. The number of rotatable bonds is 10. The van der Waals surface area contributed by atoms with E-state index in [0.29, 0.717) is 17.5 Å². The number of nitrogens with zero attached hydrogens (tertiary/aromatic N) is 5. The SMILES string of the molecule is CCOC(=O)Cc1ccc(CC(=O)C2c3cccc(-c4ccc(C(=O)NC)nc4)c3CCN2C(=O)c2cn(-c3cccc(Cl)c3F)nn2)cc1. The fraction of sp³-hybridized carbons (Fsp3) is 0.216. The van der Waals surface area contributed by atoms with Crippen LogP contribution in [-0.4, -0.2) is 68.6 Å². The van der Waals surface area contributed by atoms with Gasteiger partial charge in [0.1, 0.15) is 17.4 Å². The summed E-state index contributed by atoms with van der Waals surface area (Å²) in [5.41, 5.74) is 4.78. The fourth-order valence-electron chi connectivity index (χ4n) is 6.07. The van der Waals surface area contributed by atoms with Crippen molar-refractivity contribution in [1.82, 2.24) is 30.2 Å². The Hall–Kier alpha value is -5.75. The summed E-state index contributed by atoms with van der Waals surface area (Å²) in [5.74, 6) is -2.15. The van der Waals surface area contributed by atoms with Gasteiger partial charge in [-0.1, -0.05) is 71.4 Å². The van der Waals surface area contributed by atoms with Gasteiger partial charge in [-0.05, 0) is 59.4 Å². The number of Topliss-reactive ketones (excluding diaryl/α,β-unsaturated/α-hetero) is 1. The van der Waals surface area contributed by atoms with Gasteiger partial charge >= 0.3 is 5.97 Å². The van der Waals surface area contributed by atoms with Gasteiger partial charge in [0.05, 0.1) is 24.2 Å². The summed E-state index contributed by atoms with van der Waals surface area (Å²) in [5, 5.41) is 10.5. The first-order valence-corrected chi connectivity index (χ1v) is 16.3. The van der Waals surface area contributed by atoms with Gasteiger partial charge < -0.3 is 15.0 Å². The van der Waals surface area contributed by atoms with E-state index >= 15 is 0 Å². The first-order chi connectivity index (χ1) is 24.2. The maximum atomic E-state index is 14.8. The molecular formula is C37H32ClFN6O5. The number of aromatic nitrogens is 4. The molecule has 3 aromatic carbocycles. The van der Waals surface area contributed by atoms with Crippen molar-refractivity contribution in [3.63, 3.8) is 0 Å². The van der Waals surface area contributed by atoms with Crippen LogP contribution in [0.15, 0.2) is 85.2 Å². The normalized spacial score (nSPS) is 13.8. The van der Waals surface area contributed by atoms with Crippen molar-refractivity contribution in [3.8, 4) is 16.8 Å². The van der Waals surface area contributed by atoms with Crippen LogP contribution in [0.1, 0.15) is 56.2 Å². The lowest BCUT2D eigenvalue weighted by atomic mass is 9.84. The van der Waals surface area contributed by atoms with Crippen LogP contribution in [0.3, 0.4) is 0 Å². The number of fused-ring (bicyclic) bond motifs is 1. The van der Waals surface area contributed by atoms with E-state index in [4.69, 9.17) is 16.3 Å². The summed E-state index contributed by atoms with van der Waals surface area (Å²) in [7, 11) is 1.53. The summed E-state index contributed by atoms with van der Waals surface area (Å²) in [6, 6.07) is 19.5. The zero-order valence-electron chi connectivity index (χ0n) is 27.2. The van der Waals surface area contributed by atoms with Crippen LogP contribution in [0.25, 0.3) is 16.8 Å². The van der Waals surface area contributed by atoms with E-state index in [1.165, 1.54) is 30.3 Å². The van der Waals surface area contributed by atoms with Crippen LogP contribution in [-0.2, 0) is 33.6 Å². The average molecular weight is 695 g/mol. The number of halogens is 2. The number of hydrogen-bond acceptors (Lipinski definition) is 8. The first kappa shape index (κ1) is 34.1. The second-order valence-corrected chi connectivity index (χ2v) is 12.0. The van der Waals surface area contributed by atoms with Crippen molar-refractivity contribution in [1.29, 1.82) is 0 Å². The topological polar surface area (TPSA) is 136 Å². The number of carbonyl (C=O) groups excluding carboxylic acids is 4. The highest BCUT2D eigenvalue weighted by Crippen LogP contribution is 2.38. The minimum absolute atomic E-state index is 0.000594. The minimum atomic E-state index is -0.989. The number of pyridine rings is 1. The summed E-state index contributed by atoms with van der Waals surface area (Å²) in [6.07, 6.45) is 3.45. The van der Waals surface area contributed by atoms with E-state index in [1.54, 1.807) is 55.6 Å². The van der Waals surface area contributed by atoms with Gasteiger partial charge in [0.2, 0.25) is 0 Å². The largest absolute Gasteiger partial charge is 0.466 e. The Morgan fingerprint density at radius 3 is 2.40 bits per heavy atom. The summed E-state index contributed by atoms with van der Waals surface area (Å²) < 4.78 is 20.9. The predicted octanol–water partition coefficient (Wildman–Crippen LogP) is 5.14. The van der Waals surface area contributed by atoms with Crippen LogP contribution in [0, 0.1) is 5.82 Å².